The Bertz CT molecular complexity index is 738. The fourth-order valence-electron chi connectivity index (χ4n) is 2.07. The number of nitrogens with zero attached hydrogens (tertiary/aromatic N) is 2. The van der Waals surface area contributed by atoms with Gasteiger partial charge in [-0.1, -0.05) is 53.5 Å². The topological polar surface area (TPSA) is 59.5 Å². The zero-order valence-corrected chi connectivity index (χ0v) is 14.7. The second-order valence-electron chi connectivity index (χ2n) is 5.19. The summed E-state index contributed by atoms with van der Waals surface area (Å²) in [6.45, 7) is 1.91. The zero-order valence-electron chi connectivity index (χ0n) is 13.2. The minimum atomic E-state index is -0.969. The summed E-state index contributed by atoms with van der Waals surface area (Å²) in [5.41, 5.74) is 0.862. The number of rotatable bonds is 5. The van der Waals surface area contributed by atoms with Crippen LogP contribution in [0, 0.1) is 0 Å². The van der Waals surface area contributed by atoms with E-state index in [4.69, 9.17) is 27.9 Å². The largest absolute Gasteiger partial charge is 0.448 e. The van der Waals surface area contributed by atoms with Crippen molar-refractivity contribution in [1.82, 2.24) is 9.88 Å². The van der Waals surface area contributed by atoms with Crippen molar-refractivity contribution in [3.63, 3.8) is 0 Å². The number of carbonyl (C=O) groups is 2. The van der Waals surface area contributed by atoms with Crippen LogP contribution in [0.25, 0.3) is 0 Å². The van der Waals surface area contributed by atoms with Gasteiger partial charge in [0.05, 0.1) is 5.02 Å². The van der Waals surface area contributed by atoms with E-state index in [9.17, 15) is 9.59 Å². The minimum absolute atomic E-state index is 0.113. The maximum absolute atomic E-state index is 12.3. The van der Waals surface area contributed by atoms with Gasteiger partial charge in [-0.2, -0.15) is 0 Å². The first-order valence-corrected chi connectivity index (χ1v) is 7.96. The molecule has 5 nitrogen and oxygen atoms in total. The van der Waals surface area contributed by atoms with Crippen molar-refractivity contribution < 1.29 is 14.3 Å². The fraction of sp³-hybridized carbons (Fsp3) is 0.235. The second kappa shape index (κ2) is 8.13. The molecule has 0 aliphatic heterocycles. The number of amides is 1. The molecule has 1 aromatic heterocycles. The number of esters is 1. The number of benzene rings is 1. The third kappa shape index (κ3) is 4.69. The third-order valence-electron chi connectivity index (χ3n) is 3.28. The first-order valence-electron chi connectivity index (χ1n) is 7.20. The predicted molar refractivity (Wildman–Crippen MR) is 92.1 cm³/mol. The Kier molecular flexibility index (Phi) is 6.17. The average Bonchev–Trinajstić information content (AvgIpc) is 2.57. The fourth-order valence-corrected chi connectivity index (χ4v) is 2.40. The molecule has 0 saturated heterocycles. The quantitative estimate of drug-likeness (QED) is 0.599. The van der Waals surface area contributed by atoms with Gasteiger partial charge in [-0.25, -0.2) is 9.78 Å². The number of ether oxygens (including phenoxy) is 1. The summed E-state index contributed by atoms with van der Waals surface area (Å²) in [6, 6.07) is 12.4. The SMILES string of the molecule is CC(OC(=O)c1nc(Cl)ccc1Cl)C(=O)N(C)Cc1ccccc1. The average molecular weight is 367 g/mol. The van der Waals surface area contributed by atoms with Gasteiger partial charge in [-0.3, -0.25) is 4.79 Å². The van der Waals surface area contributed by atoms with E-state index in [-0.39, 0.29) is 21.8 Å². The van der Waals surface area contributed by atoms with Gasteiger partial charge in [-0.05, 0) is 24.6 Å². The lowest BCUT2D eigenvalue weighted by atomic mass is 10.2. The van der Waals surface area contributed by atoms with E-state index in [1.807, 2.05) is 30.3 Å². The van der Waals surface area contributed by atoms with E-state index in [0.717, 1.165) is 5.56 Å². The predicted octanol–water partition coefficient (Wildman–Crippen LogP) is 3.59. The maximum Gasteiger partial charge on any atom is 0.359 e. The van der Waals surface area contributed by atoms with Crippen LogP contribution < -0.4 is 0 Å². The van der Waals surface area contributed by atoms with Gasteiger partial charge in [0.2, 0.25) is 0 Å². The van der Waals surface area contributed by atoms with E-state index in [1.54, 1.807) is 7.05 Å². The molecule has 1 atom stereocenters. The highest BCUT2D eigenvalue weighted by Gasteiger charge is 2.24. The zero-order chi connectivity index (χ0) is 17.7. The van der Waals surface area contributed by atoms with Crippen molar-refractivity contribution in [3.8, 4) is 0 Å². The van der Waals surface area contributed by atoms with Gasteiger partial charge >= 0.3 is 5.97 Å². The Morgan fingerprint density at radius 2 is 1.83 bits per heavy atom. The molecule has 1 heterocycles. The van der Waals surface area contributed by atoms with Gasteiger partial charge in [0, 0.05) is 13.6 Å². The molecule has 2 aromatic rings. The Balaban J connectivity index is 2.00. The third-order valence-corrected chi connectivity index (χ3v) is 3.79. The van der Waals surface area contributed by atoms with Crippen molar-refractivity contribution in [2.24, 2.45) is 0 Å². The van der Waals surface area contributed by atoms with Crippen molar-refractivity contribution >= 4 is 35.1 Å². The maximum atomic E-state index is 12.3. The Hall–Kier alpha value is -2.11. The highest BCUT2D eigenvalue weighted by Crippen LogP contribution is 2.18. The highest BCUT2D eigenvalue weighted by atomic mass is 35.5. The lowest BCUT2D eigenvalue weighted by molar-refractivity contribution is -0.139. The van der Waals surface area contributed by atoms with E-state index in [2.05, 4.69) is 4.98 Å². The summed E-state index contributed by atoms with van der Waals surface area (Å²) < 4.78 is 5.16. The molecule has 1 unspecified atom stereocenters. The first kappa shape index (κ1) is 18.2. The van der Waals surface area contributed by atoms with Gasteiger partial charge < -0.3 is 9.64 Å². The van der Waals surface area contributed by atoms with Crippen LogP contribution in [0.5, 0.6) is 0 Å². The summed E-state index contributed by atoms with van der Waals surface area (Å²) in [4.78, 5) is 29.8. The molecule has 1 aromatic carbocycles. The highest BCUT2D eigenvalue weighted by molar-refractivity contribution is 6.34. The molecule has 0 aliphatic carbocycles. The Morgan fingerprint density at radius 1 is 1.17 bits per heavy atom. The number of hydrogen-bond donors (Lipinski definition) is 0. The van der Waals surface area contributed by atoms with Crippen LogP contribution in [0.1, 0.15) is 23.0 Å². The number of aromatic nitrogens is 1. The van der Waals surface area contributed by atoms with Crippen molar-refractivity contribution in [1.29, 1.82) is 0 Å². The van der Waals surface area contributed by atoms with Gasteiger partial charge in [0.15, 0.2) is 11.8 Å². The van der Waals surface area contributed by atoms with Crippen LogP contribution in [0.4, 0.5) is 0 Å². The number of halogens is 2. The van der Waals surface area contributed by atoms with Crippen LogP contribution in [0.15, 0.2) is 42.5 Å². The molecule has 0 radical (unpaired) electrons. The molecule has 1 amide bonds. The Morgan fingerprint density at radius 3 is 2.50 bits per heavy atom. The van der Waals surface area contributed by atoms with Crippen LogP contribution in [0.3, 0.4) is 0 Å². The van der Waals surface area contributed by atoms with E-state index in [1.165, 1.54) is 24.0 Å². The molecule has 0 fully saturated rings. The smallest absolute Gasteiger partial charge is 0.359 e. The van der Waals surface area contributed by atoms with Crippen molar-refractivity contribution in [2.45, 2.75) is 19.6 Å². The summed E-state index contributed by atoms with van der Waals surface area (Å²) in [5, 5.41) is 0.230. The van der Waals surface area contributed by atoms with Crippen molar-refractivity contribution in [3.05, 3.63) is 63.9 Å². The van der Waals surface area contributed by atoms with Crippen LogP contribution in [0.2, 0.25) is 10.2 Å². The standard InChI is InChI=1S/C17H16Cl2N2O3/c1-11(16(22)21(2)10-12-6-4-3-5-7-12)24-17(23)15-13(18)8-9-14(19)20-15/h3-9,11H,10H2,1-2H3. The summed E-state index contributed by atoms with van der Waals surface area (Å²) >= 11 is 11.7. The van der Waals surface area contributed by atoms with E-state index < -0.39 is 12.1 Å². The molecule has 2 rings (SSSR count). The normalized spacial score (nSPS) is 11.7. The number of carbonyl (C=O) groups excluding carboxylic acids is 2. The van der Waals surface area contributed by atoms with Crippen LogP contribution in [-0.4, -0.2) is 34.9 Å². The molecular formula is C17H16Cl2N2O3. The number of pyridine rings is 1. The summed E-state index contributed by atoms with van der Waals surface area (Å²) in [5.74, 6) is -1.12. The summed E-state index contributed by atoms with van der Waals surface area (Å²) in [7, 11) is 1.64. The molecule has 24 heavy (non-hydrogen) atoms. The van der Waals surface area contributed by atoms with Gasteiger partial charge in [0.1, 0.15) is 5.15 Å². The number of hydrogen-bond acceptors (Lipinski definition) is 4. The minimum Gasteiger partial charge on any atom is -0.448 e. The molecule has 7 heteroatoms. The van der Waals surface area contributed by atoms with Gasteiger partial charge in [-0.15, -0.1) is 0 Å². The van der Waals surface area contributed by atoms with E-state index >= 15 is 0 Å². The molecule has 0 aliphatic rings. The molecular weight excluding hydrogens is 351 g/mol. The molecule has 0 saturated carbocycles. The van der Waals surface area contributed by atoms with E-state index in [0.29, 0.717) is 6.54 Å². The van der Waals surface area contributed by atoms with Gasteiger partial charge in [0.25, 0.3) is 5.91 Å². The van der Waals surface area contributed by atoms with Crippen LogP contribution >= 0.6 is 23.2 Å². The number of likely N-dealkylation sites (N-methyl/N-ethyl adjacent to an activating group) is 1. The lowest BCUT2D eigenvalue weighted by Gasteiger charge is -2.21. The molecule has 0 bridgehead atoms. The monoisotopic (exact) mass is 366 g/mol. The molecule has 0 spiro atoms. The molecule has 0 N–H and O–H groups in total. The Labute approximate surface area is 150 Å². The van der Waals surface area contributed by atoms with Crippen molar-refractivity contribution in [2.75, 3.05) is 7.05 Å². The molecule has 126 valence electrons. The summed E-state index contributed by atoms with van der Waals surface area (Å²) in [6.07, 6.45) is -0.969. The second-order valence-corrected chi connectivity index (χ2v) is 5.99. The lowest BCUT2D eigenvalue weighted by Crippen LogP contribution is -2.37. The first-order chi connectivity index (χ1) is 11.4. The van der Waals surface area contributed by atoms with Crippen LogP contribution in [-0.2, 0) is 16.1 Å².